The van der Waals surface area contributed by atoms with E-state index >= 15 is 0 Å². The van der Waals surface area contributed by atoms with Crippen LogP contribution in [0.15, 0.2) is 0 Å². The maximum atomic E-state index is 5.73. The van der Waals surface area contributed by atoms with Gasteiger partial charge in [0.25, 0.3) is 0 Å². The Kier molecular flexibility index (Phi) is 5.47. The third kappa shape index (κ3) is 3.03. The molecule has 0 spiro atoms. The first-order valence-corrected chi connectivity index (χ1v) is 7.43. The van der Waals surface area contributed by atoms with Crippen molar-refractivity contribution in [1.82, 2.24) is 4.98 Å². The van der Waals surface area contributed by atoms with Crippen LogP contribution < -0.4 is 4.98 Å². The maximum Gasteiger partial charge on any atom is 0.430 e. The van der Waals surface area contributed by atoms with E-state index in [1.807, 2.05) is 0 Å². The Labute approximate surface area is 95.9 Å². The Morgan fingerprint density at radius 2 is 1.40 bits per heavy atom. The molecule has 4 heteroatoms. The highest BCUT2D eigenvalue weighted by molar-refractivity contribution is 6.68. The molecular weight excluding hydrogens is 206 g/mol. The van der Waals surface area contributed by atoms with Crippen molar-refractivity contribution in [3.63, 3.8) is 0 Å². The summed E-state index contributed by atoms with van der Waals surface area (Å²) >= 11 is 0. The summed E-state index contributed by atoms with van der Waals surface area (Å²) in [5.41, 5.74) is 0. The molecule has 0 bridgehead atoms. The van der Waals surface area contributed by atoms with Crippen molar-refractivity contribution in [2.24, 2.45) is 5.92 Å². The first kappa shape index (κ1) is 15.1. The van der Waals surface area contributed by atoms with E-state index in [0.29, 0.717) is 12.0 Å². The number of hydrogen-bond acceptors (Lipinski definition) is 3. The third-order valence-electron chi connectivity index (χ3n) is 3.35. The van der Waals surface area contributed by atoms with Gasteiger partial charge in [0.15, 0.2) is 0 Å². The van der Waals surface area contributed by atoms with Crippen LogP contribution in [0.3, 0.4) is 0 Å². The zero-order valence-corrected chi connectivity index (χ0v) is 12.5. The molecule has 0 atom stereocenters. The molecule has 0 fully saturated rings. The van der Waals surface area contributed by atoms with Gasteiger partial charge in [-0.05, 0) is 12.0 Å². The summed E-state index contributed by atoms with van der Waals surface area (Å²) < 4.78 is 11.5. The molecule has 0 amide bonds. The van der Waals surface area contributed by atoms with Crippen LogP contribution in [0.2, 0.25) is 5.04 Å². The van der Waals surface area contributed by atoms with Gasteiger partial charge in [0, 0.05) is 19.3 Å². The highest BCUT2D eigenvalue weighted by Crippen LogP contribution is 2.43. The van der Waals surface area contributed by atoms with Gasteiger partial charge in [-0.25, -0.2) is 0 Å². The molecule has 3 nitrogen and oxygen atoms in total. The predicted molar refractivity (Wildman–Crippen MR) is 66.9 cm³/mol. The molecule has 1 N–H and O–H groups in total. The fourth-order valence-electron chi connectivity index (χ4n) is 1.67. The zero-order chi connectivity index (χ0) is 12.3. The molecule has 0 aliphatic carbocycles. The minimum Gasteiger partial charge on any atom is -0.386 e. The molecule has 0 heterocycles. The fraction of sp³-hybridized carbons (Fsp3) is 1.00. The molecule has 0 aliphatic rings. The van der Waals surface area contributed by atoms with Gasteiger partial charge < -0.3 is 8.85 Å². The summed E-state index contributed by atoms with van der Waals surface area (Å²) in [6.07, 6.45) is 0. The highest BCUT2D eigenvalue weighted by atomic mass is 28.4. The van der Waals surface area contributed by atoms with E-state index in [1.54, 1.807) is 14.2 Å². The summed E-state index contributed by atoms with van der Waals surface area (Å²) in [7, 11) is 1.14. The molecule has 15 heavy (non-hydrogen) atoms. The van der Waals surface area contributed by atoms with Crippen LogP contribution in [0, 0.1) is 5.92 Å². The Balaban J connectivity index is 5.07. The molecule has 0 saturated heterocycles. The Morgan fingerprint density at radius 1 is 1.00 bits per heavy atom. The van der Waals surface area contributed by atoms with Crippen LogP contribution in [-0.4, -0.2) is 29.0 Å². The molecule has 0 unspecified atom stereocenters. The van der Waals surface area contributed by atoms with E-state index in [4.69, 9.17) is 8.85 Å². The molecule has 0 aromatic heterocycles. The van der Waals surface area contributed by atoms with Gasteiger partial charge in [-0.2, -0.15) is 0 Å². The SMILES string of the molecule is CO[Si](NC(C)C)(OC)C(C)(C)C(C)C. The van der Waals surface area contributed by atoms with Crippen molar-refractivity contribution in [1.29, 1.82) is 0 Å². The van der Waals surface area contributed by atoms with E-state index in [0.717, 1.165) is 0 Å². The molecule has 0 aromatic carbocycles. The monoisotopic (exact) mass is 233 g/mol. The Bertz CT molecular complexity index is 189. The molecule has 0 rings (SSSR count). The average Bonchev–Trinajstić information content (AvgIpc) is 2.13. The molecular formula is C11H27NO2Si. The summed E-state index contributed by atoms with van der Waals surface area (Å²) in [6.45, 7) is 13.1. The van der Waals surface area contributed by atoms with Gasteiger partial charge in [-0.1, -0.05) is 41.5 Å². The first-order chi connectivity index (χ1) is 6.73. The van der Waals surface area contributed by atoms with Crippen LogP contribution in [0.5, 0.6) is 0 Å². The zero-order valence-electron chi connectivity index (χ0n) is 11.5. The normalized spacial score (nSPS) is 14.0. The van der Waals surface area contributed by atoms with Crippen LogP contribution >= 0.6 is 0 Å². The van der Waals surface area contributed by atoms with Crippen molar-refractivity contribution < 1.29 is 8.85 Å². The smallest absolute Gasteiger partial charge is 0.386 e. The summed E-state index contributed by atoms with van der Waals surface area (Å²) in [6, 6.07) is 0.370. The van der Waals surface area contributed by atoms with Crippen molar-refractivity contribution in [3.05, 3.63) is 0 Å². The van der Waals surface area contributed by atoms with Crippen molar-refractivity contribution >= 4 is 8.72 Å². The number of rotatable bonds is 6. The standard InChI is InChI=1S/C11H27NO2Si/c1-9(2)11(5,6)15(13-7,14-8)12-10(3)4/h9-10,12H,1-8H3. The topological polar surface area (TPSA) is 30.5 Å². The van der Waals surface area contributed by atoms with E-state index in [-0.39, 0.29) is 5.04 Å². The van der Waals surface area contributed by atoms with Crippen molar-refractivity contribution in [3.8, 4) is 0 Å². The van der Waals surface area contributed by atoms with Gasteiger partial charge in [0.2, 0.25) is 0 Å². The van der Waals surface area contributed by atoms with E-state index in [9.17, 15) is 0 Å². The lowest BCUT2D eigenvalue weighted by Gasteiger charge is -2.44. The van der Waals surface area contributed by atoms with Gasteiger partial charge >= 0.3 is 8.72 Å². The van der Waals surface area contributed by atoms with Crippen LogP contribution in [0.4, 0.5) is 0 Å². The van der Waals surface area contributed by atoms with Gasteiger partial charge in [-0.3, -0.25) is 4.98 Å². The van der Waals surface area contributed by atoms with E-state index in [2.05, 4.69) is 46.5 Å². The second-order valence-electron chi connectivity index (χ2n) is 5.20. The minimum atomic E-state index is -2.35. The molecule has 0 aliphatic heterocycles. The fourth-order valence-corrected chi connectivity index (χ4v) is 5.02. The lowest BCUT2D eigenvalue weighted by atomic mass is 9.99. The molecule has 92 valence electrons. The van der Waals surface area contributed by atoms with Gasteiger partial charge in [0.05, 0.1) is 0 Å². The van der Waals surface area contributed by atoms with E-state index < -0.39 is 8.72 Å². The van der Waals surface area contributed by atoms with Crippen LogP contribution in [0.1, 0.15) is 41.5 Å². The lowest BCUT2D eigenvalue weighted by molar-refractivity contribution is 0.174. The summed E-state index contributed by atoms with van der Waals surface area (Å²) in [5, 5.41) is 0.0285. The average molecular weight is 233 g/mol. The second-order valence-corrected chi connectivity index (χ2v) is 8.83. The van der Waals surface area contributed by atoms with Crippen molar-refractivity contribution in [2.45, 2.75) is 52.6 Å². The quantitative estimate of drug-likeness (QED) is 0.716. The highest BCUT2D eigenvalue weighted by Gasteiger charge is 2.53. The van der Waals surface area contributed by atoms with Crippen molar-refractivity contribution in [2.75, 3.05) is 14.2 Å². The third-order valence-corrected chi connectivity index (χ3v) is 7.73. The number of nitrogens with one attached hydrogen (secondary N) is 1. The van der Waals surface area contributed by atoms with Crippen LogP contribution in [0.25, 0.3) is 0 Å². The van der Waals surface area contributed by atoms with Crippen LogP contribution in [-0.2, 0) is 8.85 Å². The van der Waals surface area contributed by atoms with E-state index in [1.165, 1.54) is 0 Å². The van der Waals surface area contributed by atoms with Gasteiger partial charge in [-0.15, -0.1) is 0 Å². The Morgan fingerprint density at radius 3 is 1.60 bits per heavy atom. The molecule has 0 radical (unpaired) electrons. The molecule has 0 aromatic rings. The molecule has 0 saturated carbocycles. The predicted octanol–water partition coefficient (Wildman–Crippen LogP) is 2.65. The first-order valence-electron chi connectivity index (χ1n) is 5.61. The Hall–Kier alpha value is 0.0969. The number of hydrogen-bond donors (Lipinski definition) is 1. The van der Waals surface area contributed by atoms with Gasteiger partial charge in [0.1, 0.15) is 0 Å². The minimum absolute atomic E-state index is 0.0285. The summed E-state index contributed by atoms with van der Waals surface area (Å²) in [5.74, 6) is 0.510. The maximum absolute atomic E-state index is 5.73. The lowest BCUT2D eigenvalue weighted by Crippen LogP contribution is -2.65. The second kappa shape index (κ2) is 5.43. The largest absolute Gasteiger partial charge is 0.430 e. The summed E-state index contributed by atoms with van der Waals surface area (Å²) in [4.78, 5) is 3.51.